The van der Waals surface area contributed by atoms with E-state index in [0.717, 1.165) is 36.6 Å². The van der Waals surface area contributed by atoms with Gasteiger partial charge in [0, 0.05) is 20.0 Å². The summed E-state index contributed by atoms with van der Waals surface area (Å²) in [6, 6.07) is 5.83. The lowest BCUT2D eigenvalue weighted by atomic mass is 10.2. The molecule has 5 nitrogen and oxygen atoms in total. The molecule has 0 saturated heterocycles. The van der Waals surface area contributed by atoms with Gasteiger partial charge in [-0.25, -0.2) is 0 Å². The van der Waals surface area contributed by atoms with Crippen molar-refractivity contribution < 1.29 is 14.3 Å². The predicted molar refractivity (Wildman–Crippen MR) is 76.8 cm³/mol. The number of hydrogen-bond donors (Lipinski definition) is 0. The molecule has 1 amide bonds. The summed E-state index contributed by atoms with van der Waals surface area (Å²) in [5.74, 6) is 1.64. The monoisotopic (exact) mass is 278 g/mol. The second-order valence-corrected chi connectivity index (χ2v) is 5.29. The highest BCUT2D eigenvalue weighted by Crippen LogP contribution is 2.32. The van der Waals surface area contributed by atoms with Crippen LogP contribution in [0.2, 0.25) is 0 Å². The Morgan fingerprint density at radius 1 is 1.20 bits per heavy atom. The first-order valence-electron chi connectivity index (χ1n) is 6.85. The second-order valence-electron chi connectivity index (χ2n) is 5.29. The smallest absolute Gasteiger partial charge is 0.231 e. The van der Waals surface area contributed by atoms with Gasteiger partial charge in [0.25, 0.3) is 0 Å². The molecule has 2 rings (SSSR count). The van der Waals surface area contributed by atoms with Crippen LogP contribution in [0.4, 0.5) is 0 Å². The van der Waals surface area contributed by atoms with E-state index >= 15 is 0 Å². The van der Waals surface area contributed by atoms with E-state index in [9.17, 15) is 4.79 Å². The van der Waals surface area contributed by atoms with E-state index in [4.69, 9.17) is 9.47 Å². The number of fused-ring (bicyclic) bond motifs is 1. The molecule has 0 spiro atoms. The van der Waals surface area contributed by atoms with Gasteiger partial charge < -0.3 is 19.3 Å². The third kappa shape index (κ3) is 3.87. The molecule has 1 aliphatic heterocycles. The van der Waals surface area contributed by atoms with Crippen LogP contribution in [-0.4, -0.2) is 49.7 Å². The van der Waals surface area contributed by atoms with Crippen molar-refractivity contribution in [2.45, 2.75) is 19.9 Å². The molecule has 0 bridgehead atoms. The molecule has 110 valence electrons. The van der Waals surface area contributed by atoms with Crippen LogP contribution in [0.3, 0.4) is 0 Å². The second kappa shape index (κ2) is 6.61. The summed E-state index contributed by atoms with van der Waals surface area (Å²) >= 11 is 0. The van der Waals surface area contributed by atoms with Gasteiger partial charge in [0.15, 0.2) is 11.5 Å². The molecule has 1 aromatic rings. The minimum Gasteiger partial charge on any atom is -0.454 e. The quantitative estimate of drug-likeness (QED) is 0.794. The van der Waals surface area contributed by atoms with E-state index in [1.807, 2.05) is 37.2 Å². The number of carbonyl (C=O) groups excluding carboxylic acids is 1. The zero-order valence-corrected chi connectivity index (χ0v) is 12.4. The van der Waals surface area contributed by atoms with Gasteiger partial charge in [-0.1, -0.05) is 6.07 Å². The first kappa shape index (κ1) is 14.7. The van der Waals surface area contributed by atoms with Gasteiger partial charge in [-0.3, -0.25) is 4.79 Å². The van der Waals surface area contributed by atoms with Crippen molar-refractivity contribution in [1.82, 2.24) is 9.80 Å². The molecule has 1 aromatic carbocycles. The fourth-order valence-corrected chi connectivity index (χ4v) is 2.19. The van der Waals surface area contributed by atoms with Crippen LogP contribution in [0.15, 0.2) is 18.2 Å². The maximum atomic E-state index is 11.7. The van der Waals surface area contributed by atoms with Crippen molar-refractivity contribution >= 4 is 5.91 Å². The SMILES string of the molecule is CC(=O)N(CCCN(C)C)Cc1ccc2c(c1)OCO2. The van der Waals surface area contributed by atoms with E-state index in [1.165, 1.54) is 0 Å². The first-order valence-corrected chi connectivity index (χ1v) is 6.85. The van der Waals surface area contributed by atoms with E-state index in [-0.39, 0.29) is 12.7 Å². The van der Waals surface area contributed by atoms with Crippen LogP contribution in [0, 0.1) is 0 Å². The average Bonchev–Trinajstić information content (AvgIpc) is 2.84. The van der Waals surface area contributed by atoms with Crippen molar-refractivity contribution in [2.75, 3.05) is 34.0 Å². The van der Waals surface area contributed by atoms with Crippen molar-refractivity contribution in [3.05, 3.63) is 23.8 Å². The fourth-order valence-electron chi connectivity index (χ4n) is 2.19. The summed E-state index contributed by atoms with van der Waals surface area (Å²) in [7, 11) is 4.08. The lowest BCUT2D eigenvalue weighted by Crippen LogP contribution is -2.31. The van der Waals surface area contributed by atoms with Crippen LogP contribution in [0.5, 0.6) is 11.5 Å². The first-order chi connectivity index (χ1) is 9.56. The molecule has 0 atom stereocenters. The number of amides is 1. The predicted octanol–water partition coefficient (Wildman–Crippen LogP) is 1.72. The Bertz CT molecular complexity index is 474. The molecule has 0 unspecified atom stereocenters. The van der Waals surface area contributed by atoms with Crippen molar-refractivity contribution in [2.24, 2.45) is 0 Å². The van der Waals surface area contributed by atoms with Gasteiger partial charge in [-0.05, 0) is 44.8 Å². The van der Waals surface area contributed by atoms with Gasteiger partial charge in [0.05, 0.1) is 0 Å². The zero-order chi connectivity index (χ0) is 14.5. The van der Waals surface area contributed by atoms with Gasteiger partial charge in [0.1, 0.15) is 0 Å². The molecule has 0 aliphatic carbocycles. The molecule has 0 aromatic heterocycles. The van der Waals surface area contributed by atoms with E-state index in [1.54, 1.807) is 6.92 Å². The van der Waals surface area contributed by atoms with Crippen LogP contribution >= 0.6 is 0 Å². The highest BCUT2D eigenvalue weighted by atomic mass is 16.7. The van der Waals surface area contributed by atoms with Gasteiger partial charge in [-0.2, -0.15) is 0 Å². The normalized spacial score (nSPS) is 12.8. The summed E-state index contributed by atoms with van der Waals surface area (Å²) in [6.07, 6.45) is 0.969. The molecule has 0 saturated carbocycles. The minimum absolute atomic E-state index is 0.0985. The maximum Gasteiger partial charge on any atom is 0.231 e. The Labute approximate surface area is 120 Å². The standard InChI is InChI=1S/C15H22N2O3/c1-12(18)17(8-4-7-16(2)3)10-13-5-6-14-15(9-13)20-11-19-14/h5-6,9H,4,7-8,10-11H2,1-3H3. The summed E-state index contributed by atoms with van der Waals surface area (Å²) in [5.41, 5.74) is 1.06. The number of benzene rings is 1. The largest absolute Gasteiger partial charge is 0.454 e. The molecule has 1 heterocycles. The van der Waals surface area contributed by atoms with Gasteiger partial charge in [-0.15, -0.1) is 0 Å². The Kier molecular flexibility index (Phi) is 4.84. The average molecular weight is 278 g/mol. The number of rotatable bonds is 6. The Morgan fingerprint density at radius 3 is 2.65 bits per heavy atom. The summed E-state index contributed by atoms with van der Waals surface area (Å²) in [5, 5.41) is 0. The minimum atomic E-state index is 0.0985. The molecular formula is C15H22N2O3. The van der Waals surface area contributed by atoms with Gasteiger partial charge >= 0.3 is 0 Å². The molecule has 1 aliphatic rings. The Morgan fingerprint density at radius 2 is 1.95 bits per heavy atom. The Hall–Kier alpha value is -1.75. The topological polar surface area (TPSA) is 42.0 Å². The zero-order valence-electron chi connectivity index (χ0n) is 12.4. The van der Waals surface area contributed by atoms with Crippen molar-refractivity contribution in [3.63, 3.8) is 0 Å². The van der Waals surface area contributed by atoms with Crippen molar-refractivity contribution in [3.8, 4) is 11.5 Å². The summed E-state index contributed by atoms with van der Waals surface area (Å²) in [6.45, 7) is 4.24. The molecule has 0 fully saturated rings. The van der Waals surface area contributed by atoms with Crippen molar-refractivity contribution in [1.29, 1.82) is 0 Å². The van der Waals surface area contributed by atoms with Crippen LogP contribution in [0.1, 0.15) is 18.9 Å². The lowest BCUT2D eigenvalue weighted by molar-refractivity contribution is -0.129. The highest BCUT2D eigenvalue weighted by Gasteiger charge is 2.15. The lowest BCUT2D eigenvalue weighted by Gasteiger charge is -2.22. The van der Waals surface area contributed by atoms with E-state index in [2.05, 4.69) is 4.90 Å². The van der Waals surface area contributed by atoms with Crippen LogP contribution in [0.25, 0.3) is 0 Å². The summed E-state index contributed by atoms with van der Waals surface area (Å²) < 4.78 is 10.7. The number of ether oxygens (including phenoxy) is 2. The van der Waals surface area contributed by atoms with Crippen LogP contribution in [-0.2, 0) is 11.3 Å². The molecule has 5 heteroatoms. The van der Waals surface area contributed by atoms with E-state index < -0.39 is 0 Å². The van der Waals surface area contributed by atoms with Gasteiger partial charge in [0.2, 0.25) is 12.7 Å². The maximum absolute atomic E-state index is 11.7. The molecule has 0 N–H and O–H groups in total. The summed E-state index contributed by atoms with van der Waals surface area (Å²) in [4.78, 5) is 15.7. The fraction of sp³-hybridized carbons (Fsp3) is 0.533. The van der Waals surface area contributed by atoms with Crippen LogP contribution < -0.4 is 9.47 Å². The number of hydrogen-bond acceptors (Lipinski definition) is 4. The Balaban J connectivity index is 1.95. The third-order valence-electron chi connectivity index (χ3n) is 3.29. The highest BCUT2D eigenvalue weighted by molar-refractivity contribution is 5.73. The molecule has 0 radical (unpaired) electrons. The third-order valence-corrected chi connectivity index (χ3v) is 3.29. The number of nitrogens with zero attached hydrogens (tertiary/aromatic N) is 2. The molecular weight excluding hydrogens is 256 g/mol. The number of carbonyl (C=O) groups is 1. The molecule has 20 heavy (non-hydrogen) atoms. The van der Waals surface area contributed by atoms with E-state index in [0.29, 0.717) is 6.54 Å².